The Hall–Kier alpha value is -2.42. The number of likely N-dealkylation sites (tertiary alicyclic amines) is 1. The van der Waals surface area contributed by atoms with Crippen molar-refractivity contribution >= 4 is 15.9 Å². The van der Waals surface area contributed by atoms with Crippen molar-refractivity contribution < 1.29 is 17.9 Å². The minimum absolute atomic E-state index is 0.130. The van der Waals surface area contributed by atoms with Crippen LogP contribution >= 0.6 is 0 Å². The quantitative estimate of drug-likeness (QED) is 0.530. The third-order valence-electron chi connectivity index (χ3n) is 6.93. The Kier molecular flexibility index (Phi) is 8.81. The van der Waals surface area contributed by atoms with Crippen molar-refractivity contribution in [3.05, 3.63) is 59.7 Å². The monoisotopic (exact) mass is 499 g/mol. The Balaban J connectivity index is 1.19. The summed E-state index contributed by atoms with van der Waals surface area (Å²) in [6.45, 7) is 7.36. The molecule has 1 amide bonds. The molecule has 190 valence electrons. The molecule has 7 nitrogen and oxygen atoms in total. The van der Waals surface area contributed by atoms with Crippen LogP contribution in [0.1, 0.15) is 54.9 Å². The van der Waals surface area contributed by atoms with E-state index in [1.54, 1.807) is 28.6 Å². The first kappa shape index (κ1) is 25.7. The highest BCUT2D eigenvalue weighted by atomic mass is 32.2. The average molecular weight is 500 g/mol. The zero-order valence-corrected chi connectivity index (χ0v) is 21.4. The zero-order chi connectivity index (χ0) is 24.7. The van der Waals surface area contributed by atoms with E-state index in [9.17, 15) is 13.2 Å². The second-order valence-corrected chi connectivity index (χ2v) is 11.6. The molecular weight excluding hydrogens is 462 g/mol. The first-order valence-corrected chi connectivity index (χ1v) is 14.2. The predicted molar refractivity (Wildman–Crippen MR) is 137 cm³/mol. The van der Waals surface area contributed by atoms with Gasteiger partial charge in [0.1, 0.15) is 12.4 Å². The third kappa shape index (κ3) is 7.06. The first-order valence-electron chi connectivity index (χ1n) is 12.7. The van der Waals surface area contributed by atoms with Gasteiger partial charge in [-0.05, 0) is 86.7 Å². The van der Waals surface area contributed by atoms with E-state index in [4.69, 9.17) is 4.74 Å². The van der Waals surface area contributed by atoms with Gasteiger partial charge in [-0.25, -0.2) is 8.42 Å². The number of piperidine rings is 2. The Bertz CT molecular complexity index is 1060. The van der Waals surface area contributed by atoms with Gasteiger partial charge in [0.25, 0.3) is 5.91 Å². The number of hydrogen-bond donors (Lipinski definition) is 1. The number of carbonyl (C=O) groups excluding carboxylic acids is 1. The van der Waals surface area contributed by atoms with E-state index >= 15 is 0 Å². The van der Waals surface area contributed by atoms with Crippen LogP contribution in [0.4, 0.5) is 0 Å². The molecule has 0 atom stereocenters. The molecule has 0 aliphatic carbocycles. The van der Waals surface area contributed by atoms with Gasteiger partial charge in [0.05, 0.1) is 11.4 Å². The number of nitrogens with one attached hydrogen (secondary N) is 1. The molecule has 0 radical (unpaired) electrons. The van der Waals surface area contributed by atoms with Crippen LogP contribution in [0.15, 0.2) is 53.4 Å². The average Bonchev–Trinajstić information content (AvgIpc) is 2.89. The van der Waals surface area contributed by atoms with Crippen LogP contribution in [-0.4, -0.2) is 62.9 Å². The van der Waals surface area contributed by atoms with E-state index in [1.807, 2.05) is 24.3 Å². The largest absolute Gasteiger partial charge is 0.492 e. The maximum absolute atomic E-state index is 12.7. The van der Waals surface area contributed by atoms with Crippen molar-refractivity contribution in [2.45, 2.75) is 50.5 Å². The molecule has 2 aliphatic rings. The van der Waals surface area contributed by atoms with Crippen molar-refractivity contribution in [2.75, 3.05) is 39.3 Å². The topological polar surface area (TPSA) is 79.0 Å². The van der Waals surface area contributed by atoms with E-state index in [0.717, 1.165) is 44.8 Å². The number of amides is 1. The molecule has 2 aliphatic heterocycles. The van der Waals surface area contributed by atoms with Crippen LogP contribution in [0.2, 0.25) is 0 Å². The van der Waals surface area contributed by atoms with Gasteiger partial charge in [0, 0.05) is 25.2 Å². The highest BCUT2D eigenvalue weighted by molar-refractivity contribution is 7.89. The Morgan fingerprint density at radius 2 is 1.60 bits per heavy atom. The highest BCUT2D eigenvalue weighted by Gasteiger charge is 2.25. The second-order valence-electron chi connectivity index (χ2n) is 9.70. The molecule has 4 rings (SSSR count). The fourth-order valence-electron chi connectivity index (χ4n) is 4.64. The Morgan fingerprint density at radius 3 is 2.26 bits per heavy atom. The Morgan fingerprint density at radius 1 is 0.943 bits per heavy atom. The third-order valence-corrected chi connectivity index (χ3v) is 8.84. The smallest absolute Gasteiger partial charge is 0.251 e. The van der Waals surface area contributed by atoms with Gasteiger partial charge in [-0.3, -0.25) is 9.69 Å². The SMILES string of the molecule is CC1CCN(Cc2ccc(C(=O)NCCOc3ccc(S(=O)(=O)N4CCCCC4)cc3)cc2)CC1. The van der Waals surface area contributed by atoms with E-state index in [0.29, 0.717) is 42.4 Å². The molecule has 8 heteroatoms. The van der Waals surface area contributed by atoms with Gasteiger partial charge in [0.2, 0.25) is 10.0 Å². The van der Waals surface area contributed by atoms with Crippen LogP contribution in [-0.2, 0) is 16.6 Å². The number of sulfonamides is 1. The van der Waals surface area contributed by atoms with Crippen LogP contribution in [0.25, 0.3) is 0 Å². The molecular formula is C27H37N3O4S. The number of hydrogen-bond acceptors (Lipinski definition) is 5. The molecule has 0 unspecified atom stereocenters. The number of benzene rings is 2. The summed E-state index contributed by atoms with van der Waals surface area (Å²) in [5.41, 5.74) is 1.86. The van der Waals surface area contributed by atoms with E-state index in [2.05, 4.69) is 17.1 Å². The van der Waals surface area contributed by atoms with E-state index < -0.39 is 10.0 Å². The minimum atomic E-state index is -3.44. The molecule has 1 N–H and O–H groups in total. The Labute approximate surface area is 209 Å². The van der Waals surface area contributed by atoms with Crippen LogP contribution in [0.5, 0.6) is 5.75 Å². The molecule has 2 aromatic carbocycles. The molecule has 0 spiro atoms. The standard InChI is InChI=1S/C27H37N3O4S/c1-22-13-18-29(19-14-22)21-23-5-7-24(8-6-23)27(31)28-15-20-34-25-9-11-26(12-10-25)35(32,33)30-16-3-2-4-17-30/h5-12,22H,2-4,13-21H2,1H3,(H,28,31). The zero-order valence-electron chi connectivity index (χ0n) is 20.6. The second kappa shape index (κ2) is 12.0. The molecule has 0 bridgehead atoms. The van der Waals surface area contributed by atoms with Gasteiger partial charge in [0.15, 0.2) is 0 Å². The predicted octanol–water partition coefficient (Wildman–Crippen LogP) is 3.90. The fraction of sp³-hybridized carbons (Fsp3) is 0.519. The summed E-state index contributed by atoms with van der Waals surface area (Å²) in [7, 11) is -3.44. The molecule has 2 fully saturated rings. The lowest BCUT2D eigenvalue weighted by Gasteiger charge is -2.30. The number of nitrogens with zero attached hydrogens (tertiary/aromatic N) is 2. The lowest BCUT2D eigenvalue weighted by Crippen LogP contribution is -2.35. The van der Waals surface area contributed by atoms with Gasteiger partial charge in [-0.1, -0.05) is 25.5 Å². The number of carbonyl (C=O) groups is 1. The van der Waals surface area contributed by atoms with Gasteiger partial charge in [-0.15, -0.1) is 0 Å². The van der Waals surface area contributed by atoms with Crippen LogP contribution in [0, 0.1) is 5.92 Å². The summed E-state index contributed by atoms with van der Waals surface area (Å²) < 4.78 is 32.7. The minimum Gasteiger partial charge on any atom is -0.492 e. The van der Waals surface area contributed by atoms with Crippen LogP contribution < -0.4 is 10.1 Å². The fourth-order valence-corrected chi connectivity index (χ4v) is 6.15. The summed E-state index contributed by atoms with van der Waals surface area (Å²) in [5, 5.41) is 2.88. The molecule has 2 saturated heterocycles. The first-order chi connectivity index (χ1) is 16.9. The lowest BCUT2D eigenvalue weighted by atomic mass is 9.99. The lowest BCUT2D eigenvalue weighted by molar-refractivity contribution is 0.0947. The summed E-state index contributed by atoms with van der Waals surface area (Å²) in [5.74, 6) is 1.27. The molecule has 35 heavy (non-hydrogen) atoms. The summed E-state index contributed by atoms with van der Waals surface area (Å²) in [6, 6.07) is 14.3. The maximum Gasteiger partial charge on any atom is 0.251 e. The van der Waals surface area contributed by atoms with Crippen molar-refractivity contribution in [3.63, 3.8) is 0 Å². The van der Waals surface area contributed by atoms with Crippen molar-refractivity contribution in [1.82, 2.24) is 14.5 Å². The van der Waals surface area contributed by atoms with Crippen LogP contribution in [0.3, 0.4) is 0 Å². The number of rotatable bonds is 9. The maximum atomic E-state index is 12.7. The molecule has 2 heterocycles. The van der Waals surface area contributed by atoms with Gasteiger partial charge < -0.3 is 10.1 Å². The molecule has 0 saturated carbocycles. The van der Waals surface area contributed by atoms with Gasteiger partial charge in [-0.2, -0.15) is 4.31 Å². The molecule has 2 aromatic rings. The molecule has 0 aromatic heterocycles. The summed E-state index contributed by atoms with van der Waals surface area (Å²) >= 11 is 0. The van der Waals surface area contributed by atoms with Crippen molar-refractivity contribution in [1.29, 1.82) is 0 Å². The van der Waals surface area contributed by atoms with Crippen molar-refractivity contribution in [2.24, 2.45) is 5.92 Å². The number of ether oxygens (including phenoxy) is 1. The summed E-state index contributed by atoms with van der Waals surface area (Å²) in [6.07, 6.45) is 5.41. The van der Waals surface area contributed by atoms with E-state index in [1.165, 1.54) is 18.4 Å². The van der Waals surface area contributed by atoms with Gasteiger partial charge >= 0.3 is 0 Å². The highest BCUT2D eigenvalue weighted by Crippen LogP contribution is 2.23. The van der Waals surface area contributed by atoms with Crippen molar-refractivity contribution in [3.8, 4) is 5.75 Å². The summed E-state index contributed by atoms with van der Waals surface area (Å²) in [4.78, 5) is 15.2. The van der Waals surface area contributed by atoms with E-state index in [-0.39, 0.29) is 5.91 Å². The normalized spacial score (nSPS) is 18.3.